The minimum absolute atomic E-state index is 0.106. The number of fused-ring (bicyclic) bond motifs is 2. The fourth-order valence-corrected chi connectivity index (χ4v) is 3.57. The Morgan fingerprint density at radius 2 is 2.12 bits per heavy atom. The molecule has 2 aliphatic heterocycles. The number of rotatable bonds is 4. The fraction of sp³-hybridized carbons (Fsp3) is 0.923. The molecule has 16 heavy (non-hydrogen) atoms. The number of aliphatic carboxylic acids is 1. The SMILES string of the molecule is CCC(C)C(C)N1C2CCC1C(C(=O)O)C2. The van der Waals surface area contributed by atoms with E-state index in [9.17, 15) is 9.90 Å². The van der Waals surface area contributed by atoms with Gasteiger partial charge in [-0.25, -0.2) is 0 Å². The Labute approximate surface area is 97.8 Å². The summed E-state index contributed by atoms with van der Waals surface area (Å²) in [5.41, 5.74) is 0. The van der Waals surface area contributed by atoms with E-state index in [0.29, 0.717) is 24.0 Å². The quantitative estimate of drug-likeness (QED) is 0.798. The highest BCUT2D eigenvalue weighted by atomic mass is 16.4. The second-order valence-electron chi connectivity index (χ2n) is 5.55. The van der Waals surface area contributed by atoms with Crippen LogP contribution in [0, 0.1) is 11.8 Å². The van der Waals surface area contributed by atoms with Crippen LogP contribution in [0.4, 0.5) is 0 Å². The lowest BCUT2D eigenvalue weighted by Crippen LogP contribution is -2.42. The third-order valence-electron chi connectivity index (χ3n) is 4.85. The van der Waals surface area contributed by atoms with Crippen LogP contribution in [0.1, 0.15) is 46.5 Å². The van der Waals surface area contributed by atoms with Gasteiger partial charge in [-0.05, 0) is 32.1 Å². The third kappa shape index (κ3) is 1.75. The van der Waals surface area contributed by atoms with Crippen LogP contribution in [-0.2, 0) is 4.79 Å². The van der Waals surface area contributed by atoms with E-state index in [4.69, 9.17) is 0 Å². The van der Waals surface area contributed by atoms with Crippen LogP contribution in [0.2, 0.25) is 0 Å². The number of carbonyl (C=O) groups is 1. The van der Waals surface area contributed by atoms with Crippen molar-refractivity contribution in [3.63, 3.8) is 0 Å². The molecule has 0 aromatic carbocycles. The molecular weight excluding hydrogens is 202 g/mol. The molecule has 92 valence electrons. The van der Waals surface area contributed by atoms with Crippen molar-refractivity contribution < 1.29 is 9.90 Å². The van der Waals surface area contributed by atoms with Crippen LogP contribution in [0.3, 0.4) is 0 Å². The van der Waals surface area contributed by atoms with Gasteiger partial charge < -0.3 is 5.11 Å². The van der Waals surface area contributed by atoms with Crippen molar-refractivity contribution in [1.29, 1.82) is 0 Å². The number of carboxylic acids is 1. The molecular formula is C13H23NO2. The summed E-state index contributed by atoms with van der Waals surface area (Å²) in [6.07, 6.45) is 4.34. The average molecular weight is 225 g/mol. The Kier molecular flexibility index (Phi) is 3.24. The molecule has 0 saturated carbocycles. The van der Waals surface area contributed by atoms with Crippen LogP contribution in [-0.4, -0.2) is 34.1 Å². The Balaban J connectivity index is 2.10. The molecule has 0 spiro atoms. The van der Waals surface area contributed by atoms with E-state index in [1.165, 1.54) is 12.8 Å². The van der Waals surface area contributed by atoms with E-state index in [2.05, 4.69) is 25.7 Å². The predicted molar refractivity (Wildman–Crippen MR) is 63.3 cm³/mol. The zero-order valence-electron chi connectivity index (χ0n) is 10.5. The maximum Gasteiger partial charge on any atom is 0.308 e. The molecule has 2 saturated heterocycles. The second-order valence-corrected chi connectivity index (χ2v) is 5.55. The van der Waals surface area contributed by atoms with Gasteiger partial charge in [-0.3, -0.25) is 9.69 Å². The summed E-state index contributed by atoms with van der Waals surface area (Å²) in [7, 11) is 0. The summed E-state index contributed by atoms with van der Waals surface area (Å²) in [5.74, 6) is -0.0329. The number of nitrogens with zero attached hydrogens (tertiary/aromatic N) is 1. The van der Waals surface area contributed by atoms with E-state index in [1.807, 2.05) is 0 Å². The van der Waals surface area contributed by atoms with E-state index in [0.717, 1.165) is 12.8 Å². The van der Waals surface area contributed by atoms with Gasteiger partial charge in [0.2, 0.25) is 0 Å². The molecule has 2 bridgehead atoms. The molecule has 3 nitrogen and oxygen atoms in total. The molecule has 5 unspecified atom stereocenters. The highest BCUT2D eigenvalue weighted by Gasteiger charge is 2.51. The van der Waals surface area contributed by atoms with Crippen LogP contribution >= 0.6 is 0 Å². The lowest BCUT2D eigenvalue weighted by molar-refractivity contribution is -0.142. The van der Waals surface area contributed by atoms with Crippen molar-refractivity contribution in [1.82, 2.24) is 4.90 Å². The first kappa shape index (κ1) is 11.9. The standard InChI is InChI=1S/C13H23NO2/c1-4-8(2)9(3)14-10-5-6-12(14)11(7-10)13(15)16/h8-12H,4-7H2,1-3H3,(H,15,16). The Bertz CT molecular complexity index is 279. The molecule has 3 heteroatoms. The maximum absolute atomic E-state index is 11.2. The molecule has 0 radical (unpaired) electrons. The molecule has 5 atom stereocenters. The normalized spacial score (nSPS) is 37.6. The van der Waals surface area contributed by atoms with E-state index < -0.39 is 5.97 Å². The number of hydrogen-bond acceptors (Lipinski definition) is 2. The highest BCUT2D eigenvalue weighted by Crippen LogP contribution is 2.44. The summed E-state index contributed by atoms with van der Waals surface area (Å²) < 4.78 is 0. The molecule has 2 heterocycles. The van der Waals surface area contributed by atoms with Crippen molar-refractivity contribution in [2.45, 2.75) is 64.6 Å². The first-order valence-electron chi connectivity index (χ1n) is 6.56. The van der Waals surface area contributed by atoms with Crippen molar-refractivity contribution in [3.8, 4) is 0 Å². The van der Waals surface area contributed by atoms with Crippen molar-refractivity contribution in [3.05, 3.63) is 0 Å². The van der Waals surface area contributed by atoms with Gasteiger partial charge in [0.25, 0.3) is 0 Å². The molecule has 0 aromatic rings. The average Bonchev–Trinajstić information content (AvgIpc) is 2.83. The lowest BCUT2D eigenvalue weighted by Gasteiger charge is -2.33. The van der Waals surface area contributed by atoms with Crippen LogP contribution in [0.5, 0.6) is 0 Å². The van der Waals surface area contributed by atoms with Gasteiger partial charge in [-0.15, -0.1) is 0 Å². The van der Waals surface area contributed by atoms with Gasteiger partial charge in [0, 0.05) is 18.1 Å². The van der Waals surface area contributed by atoms with Crippen LogP contribution < -0.4 is 0 Å². The number of hydrogen-bond donors (Lipinski definition) is 1. The van der Waals surface area contributed by atoms with Gasteiger partial charge in [-0.2, -0.15) is 0 Å². The smallest absolute Gasteiger partial charge is 0.308 e. The third-order valence-corrected chi connectivity index (χ3v) is 4.85. The van der Waals surface area contributed by atoms with Crippen molar-refractivity contribution >= 4 is 5.97 Å². The largest absolute Gasteiger partial charge is 0.481 e. The minimum atomic E-state index is -0.589. The summed E-state index contributed by atoms with van der Waals surface area (Å²) in [4.78, 5) is 13.7. The van der Waals surface area contributed by atoms with Crippen LogP contribution in [0.25, 0.3) is 0 Å². The summed E-state index contributed by atoms with van der Waals surface area (Å²) >= 11 is 0. The monoisotopic (exact) mass is 225 g/mol. The molecule has 0 aliphatic carbocycles. The second kappa shape index (κ2) is 4.36. The van der Waals surface area contributed by atoms with E-state index >= 15 is 0 Å². The summed E-state index contributed by atoms with van der Waals surface area (Å²) in [6, 6.07) is 1.38. The Hall–Kier alpha value is -0.570. The maximum atomic E-state index is 11.2. The summed E-state index contributed by atoms with van der Waals surface area (Å²) in [6.45, 7) is 6.76. The highest BCUT2D eigenvalue weighted by molar-refractivity contribution is 5.71. The van der Waals surface area contributed by atoms with Gasteiger partial charge in [0.1, 0.15) is 0 Å². The Morgan fingerprint density at radius 3 is 2.62 bits per heavy atom. The summed E-state index contributed by atoms with van der Waals surface area (Å²) in [5, 5.41) is 9.20. The van der Waals surface area contributed by atoms with Gasteiger partial charge >= 0.3 is 5.97 Å². The molecule has 0 aromatic heterocycles. The number of carboxylic acid groups (broad SMARTS) is 1. The predicted octanol–water partition coefficient (Wildman–Crippen LogP) is 2.36. The van der Waals surface area contributed by atoms with Gasteiger partial charge in [0.05, 0.1) is 5.92 Å². The topological polar surface area (TPSA) is 40.5 Å². The molecule has 2 rings (SSSR count). The van der Waals surface area contributed by atoms with E-state index in [1.54, 1.807) is 0 Å². The van der Waals surface area contributed by atoms with Crippen molar-refractivity contribution in [2.24, 2.45) is 11.8 Å². The van der Waals surface area contributed by atoms with Crippen molar-refractivity contribution in [2.75, 3.05) is 0 Å². The van der Waals surface area contributed by atoms with Gasteiger partial charge in [-0.1, -0.05) is 20.3 Å². The zero-order valence-corrected chi connectivity index (χ0v) is 10.5. The van der Waals surface area contributed by atoms with Crippen LogP contribution in [0.15, 0.2) is 0 Å². The minimum Gasteiger partial charge on any atom is -0.481 e. The molecule has 0 amide bonds. The van der Waals surface area contributed by atoms with Gasteiger partial charge in [0.15, 0.2) is 0 Å². The molecule has 2 aliphatic rings. The molecule has 2 fully saturated rings. The van der Waals surface area contributed by atoms with E-state index in [-0.39, 0.29) is 5.92 Å². The lowest BCUT2D eigenvalue weighted by atomic mass is 9.89. The Morgan fingerprint density at radius 1 is 1.44 bits per heavy atom. The molecule has 1 N–H and O–H groups in total. The fourth-order valence-electron chi connectivity index (χ4n) is 3.57. The first-order valence-corrected chi connectivity index (χ1v) is 6.56. The first-order chi connectivity index (χ1) is 7.56. The zero-order chi connectivity index (χ0) is 11.9.